The van der Waals surface area contributed by atoms with Crippen LogP contribution in [0.25, 0.3) is 0 Å². The Bertz CT molecular complexity index is 2440. The minimum absolute atomic E-state index is 0.00566. The third-order valence-electron chi connectivity index (χ3n) is 13.4. The number of ether oxygens (including phenoxy) is 10. The molecule has 0 radical (unpaired) electrons. The zero-order valence-electron chi connectivity index (χ0n) is 42.4. The number of aliphatic hydroxyl groups is 2. The molecule has 75 heavy (non-hydrogen) atoms. The van der Waals surface area contributed by atoms with Crippen molar-refractivity contribution >= 4 is 18.3 Å². The van der Waals surface area contributed by atoms with Crippen LogP contribution in [0, 0.1) is 5.92 Å². The number of hydrogen-bond donors (Lipinski definition) is 5. The highest BCUT2D eigenvalue weighted by Crippen LogP contribution is 2.37. The Kier molecular flexibility index (Phi) is 20.2. The normalized spacial score (nSPS) is 30.2. The molecule has 3 heterocycles. The predicted molar refractivity (Wildman–Crippen MR) is 272 cm³/mol. The lowest BCUT2D eigenvalue weighted by Gasteiger charge is -2.46. The molecule has 4 aromatic carbocycles. The summed E-state index contributed by atoms with van der Waals surface area (Å²) >= 11 is 0. The van der Waals surface area contributed by atoms with Crippen molar-refractivity contribution in [2.75, 3.05) is 6.61 Å². The van der Waals surface area contributed by atoms with Crippen molar-refractivity contribution in [3.8, 4) is 0 Å². The smallest absolute Gasteiger partial charge is 0.408 e. The molecule has 3 aliphatic heterocycles. The van der Waals surface area contributed by atoms with E-state index in [2.05, 4.69) is 16.0 Å². The van der Waals surface area contributed by atoms with Crippen molar-refractivity contribution in [1.82, 2.24) is 16.0 Å². The van der Waals surface area contributed by atoms with Gasteiger partial charge in [-0.3, -0.25) is 0 Å². The Morgan fingerprint density at radius 1 is 0.507 bits per heavy atom. The third-order valence-corrected chi connectivity index (χ3v) is 13.4. The lowest BCUT2D eigenvalue weighted by Crippen LogP contribution is -2.63. The summed E-state index contributed by atoms with van der Waals surface area (Å²) in [6.45, 7) is 6.21. The second-order valence-corrected chi connectivity index (χ2v) is 19.0. The zero-order valence-corrected chi connectivity index (χ0v) is 42.4. The summed E-state index contributed by atoms with van der Waals surface area (Å²) < 4.78 is 62.0. The number of nitrogens with one attached hydrogen (secondary N) is 3. The van der Waals surface area contributed by atoms with Crippen LogP contribution in [-0.4, -0.2) is 121 Å². The molecule has 8 rings (SSSR count). The van der Waals surface area contributed by atoms with Crippen LogP contribution in [-0.2, 0) is 73.8 Å². The average molecular weight is 1040 g/mol. The first kappa shape index (κ1) is 55.1. The van der Waals surface area contributed by atoms with Gasteiger partial charge in [-0.05, 0) is 47.4 Å². The summed E-state index contributed by atoms with van der Waals surface area (Å²) in [5.74, 6) is -0.472. The van der Waals surface area contributed by atoms with E-state index in [1.807, 2.05) is 148 Å². The minimum atomic E-state index is -1.47. The Morgan fingerprint density at radius 2 is 0.947 bits per heavy atom. The van der Waals surface area contributed by atoms with Crippen molar-refractivity contribution in [3.63, 3.8) is 0 Å². The summed E-state index contributed by atoms with van der Waals surface area (Å²) in [6, 6.07) is 34.8. The molecule has 4 aromatic rings. The topological polar surface area (TPSA) is 220 Å². The van der Waals surface area contributed by atoms with Crippen molar-refractivity contribution < 1.29 is 72.0 Å². The van der Waals surface area contributed by atoms with Gasteiger partial charge in [0.05, 0.1) is 37.6 Å². The van der Waals surface area contributed by atoms with Gasteiger partial charge in [-0.2, -0.15) is 0 Å². The molecule has 18 nitrogen and oxygen atoms in total. The maximum atomic E-state index is 13.4. The number of aliphatic hydroxyl groups excluding tert-OH is 2. The lowest BCUT2D eigenvalue weighted by molar-refractivity contribution is -0.288. The van der Waals surface area contributed by atoms with Crippen molar-refractivity contribution in [2.45, 2.75) is 152 Å². The Labute approximate surface area is 437 Å². The number of alkyl carbamates (subject to hydrolysis) is 3. The summed E-state index contributed by atoms with van der Waals surface area (Å²) in [5.41, 5.74) is 3.35. The van der Waals surface area contributed by atoms with Crippen molar-refractivity contribution in [2.24, 2.45) is 5.92 Å². The molecular formula is C57H69N3O15. The number of amides is 3. The Morgan fingerprint density at radius 3 is 1.44 bits per heavy atom. The molecular weight excluding hydrogens is 967 g/mol. The van der Waals surface area contributed by atoms with E-state index in [4.69, 9.17) is 47.4 Å². The predicted octanol–water partition coefficient (Wildman–Crippen LogP) is 7.11. The second kappa shape index (κ2) is 27.6. The molecule has 0 aromatic heterocycles. The van der Waals surface area contributed by atoms with Gasteiger partial charge in [0.15, 0.2) is 18.9 Å². The van der Waals surface area contributed by atoms with E-state index < -0.39 is 104 Å². The van der Waals surface area contributed by atoms with Crippen LogP contribution in [0.5, 0.6) is 0 Å². The largest absolute Gasteiger partial charge is 0.445 e. The molecule has 1 aliphatic carbocycles. The van der Waals surface area contributed by atoms with Crippen LogP contribution in [0.4, 0.5) is 14.4 Å². The van der Waals surface area contributed by atoms with Crippen LogP contribution < -0.4 is 16.0 Å². The molecule has 0 spiro atoms. The molecule has 0 bridgehead atoms. The standard InChI is InChI=1S/C57H69N3O15/c1-4-41-26-28-43(58-55(63)67-32-38-20-12-7-13-21-38)52(70-41)74-50-46(5-2)72-54(48(50)62)75-51-47(61)45(60-57(65)69-34-40-24-16-9-17-25-40)30-36(3)49(51)73-53-44(59-56(64)68-33-39-22-14-8-15-23-39)29-27-42(71-53)35-66-31-37-18-10-6-11-19-37/h6-29,36,41-54,61-62H,4-5,30-35H2,1-3H3,(H,58,63)(H,59,64)(H,60,65)/t36-,41-,42-,43+,44+,45+,46+,47-,48+,49+,50+,51+,52+,53+,54-/m0/s1. The van der Waals surface area contributed by atoms with Crippen molar-refractivity contribution in [1.29, 1.82) is 0 Å². The molecule has 3 amide bonds. The second-order valence-electron chi connectivity index (χ2n) is 19.0. The van der Waals surface area contributed by atoms with Crippen LogP contribution in [0.15, 0.2) is 146 Å². The fraction of sp³-hybridized carbons (Fsp3) is 0.456. The molecule has 18 heteroatoms. The van der Waals surface area contributed by atoms with Crippen LogP contribution >= 0.6 is 0 Å². The van der Waals surface area contributed by atoms with Crippen LogP contribution in [0.2, 0.25) is 0 Å². The summed E-state index contributed by atoms with van der Waals surface area (Å²) in [6.07, 6.45) is -5.55. The molecule has 1 saturated heterocycles. The molecule has 1 saturated carbocycles. The number of benzene rings is 4. The van der Waals surface area contributed by atoms with E-state index in [0.717, 1.165) is 22.3 Å². The number of carbonyl (C=O) groups is 3. The van der Waals surface area contributed by atoms with Gasteiger partial charge in [-0.1, -0.05) is 166 Å². The van der Waals surface area contributed by atoms with E-state index in [-0.39, 0.29) is 39.0 Å². The van der Waals surface area contributed by atoms with Gasteiger partial charge in [-0.25, -0.2) is 14.4 Å². The average Bonchev–Trinajstić information content (AvgIpc) is 3.74. The molecule has 15 atom stereocenters. The maximum Gasteiger partial charge on any atom is 0.408 e. The molecule has 5 N–H and O–H groups in total. The number of hydrogen-bond acceptors (Lipinski definition) is 15. The fourth-order valence-corrected chi connectivity index (χ4v) is 9.37. The quantitative estimate of drug-likeness (QED) is 0.0415. The molecule has 0 unspecified atom stereocenters. The van der Waals surface area contributed by atoms with Gasteiger partial charge in [-0.15, -0.1) is 0 Å². The van der Waals surface area contributed by atoms with E-state index in [0.29, 0.717) is 19.4 Å². The summed E-state index contributed by atoms with van der Waals surface area (Å²) in [7, 11) is 0. The number of rotatable bonds is 21. The SMILES string of the molecule is CC[C@H]1C=C[C@@H](NC(=O)OCc2ccccc2)[C@@H](O[C@H]2[C@@H](O)[C@H](O[C@@H]3[C@@H](O)[C@H](NC(=O)OCc4ccccc4)C[C@H](C)[C@H]3O[C@H]3O[C@H](COCc4ccccc4)C=C[C@H]3NC(=O)OCc3ccccc3)O[C@@H]2CC)O1. The molecule has 2 fully saturated rings. The first-order valence-corrected chi connectivity index (χ1v) is 25.7. The first-order valence-electron chi connectivity index (χ1n) is 25.7. The van der Waals surface area contributed by atoms with Gasteiger partial charge in [0.2, 0.25) is 0 Å². The van der Waals surface area contributed by atoms with Crippen LogP contribution in [0.3, 0.4) is 0 Å². The fourth-order valence-electron chi connectivity index (χ4n) is 9.37. The zero-order chi connectivity index (χ0) is 52.5. The van der Waals surface area contributed by atoms with Gasteiger partial charge in [0, 0.05) is 0 Å². The van der Waals surface area contributed by atoms with E-state index >= 15 is 0 Å². The van der Waals surface area contributed by atoms with Gasteiger partial charge >= 0.3 is 18.3 Å². The summed E-state index contributed by atoms with van der Waals surface area (Å²) in [4.78, 5) is 39.8. The highest BCUT2D eigenvalue weighted by atomic mass is 16.8. The Hall–Kier alpha value is -6.19. The first-order chi connectivity index (χ1) is 36.5. The van der Waals surface area contributed by atoms with E-state index in [1.54, 1.807) is 18.2 Å². The van der Waals surface area contributed by atoms with Gasteiger partial charge in [0.25, 0.3) is 0 Å². The van der Waals surface area contributed by atoms with E-state index in [1.165, 1.54) is 0 Å². The van der Waals surface area contributed by atoms with Crippen LogP contribution in [0.1, 0.15) is 62.3 Å². The minimum Gasteiger partial charge on any atom is -0.445 e. The van der Waals surface area contributed by atoms with E-state index in [9.17, 15) is 24.6 Å². The van der Waals surface area contributed by atoms with Gasteiger partial charge < -0.3 is 73.5 Å². The maximum absolute atomic E-state index is 13.4. The van der Waals surface area contributed by atoms with Crippen molar-refractivity contribution in [3.05, 3.63) is 168 Å². The Balaban J connectivity index is 1.00. The highest BCUT2D eigenvalue weighted by Gasteiger charge is 2.53. The monoisotopic (exact) mass is 1040 g/mol. The lowest BCUT2D eigenvalue weighted by atomic mass is 9.80. The third kappa shape index (κ3) is 15.7. The number of carbonyl (C=O) groups excluding carboxylic acids is 3. The molecule has 402 valence electrons. The highest BCUT2D eigenvalue weighted by molar-refractivity contribution is 5.69. The van der Waals surface area contributed by atoms with Gasteiger partial charge in [0.1, 0.15) is 62.4 Å². The molecule has 4 aliphatic rings. The summed E-state index contributed by atoms with van der Waals surface area (Å²) in [5, 5.41) is 33.0.